The highest BCUT2D eigenvalue weighted by molar-refractivity contribution is 5.92. The van der Waals surface area contributed by atoms with Crippen molar-refractivity contribution < 1.29 is 14.2 Å². The van der Waals surface area contributed by atoms with Gasteiger partial charge in [0.15, 0.2) is 11.5 Å². The van der Waals surface area contributed by atoms with Gasteiger partial charge in [0.1, 0.15) is 0 Å². The summed E-state index contributed by atoms with van der Waals surface area (Å²) in [6.45, 7) is 1.32. The van der Waals surface area contributed by atoms with Gasteiger partial charge in [-0.1, -0.05) is 0 Å². The maximum Gasteiger partial charge on any atom is 0.213 e. The molecule has 0 bridgehead atoms. The minimum absolute atomic E-state index is 0.130. The van der Waals surface area contributed by atoms with Crippen LogP contribution in [0.2, 0.25) is 0 Å². The van der Waals surface area contributed by atoms with Crippen LogP contribution in [0.15, 0.2) is 18.2 Å². The largest absolute Gasteiger partial charge is 0.490 e. The Hall–Kier alpha value is -1.71. The van der Waals surface area contributed by atoms with Gasteiger partial charge in [0, 0.05) is 12.0 Å². The predicted molar refractivity (Wildman–Crippen MR) is 55.9 cm³/mol. The van der Waals surface area contributed by atoms with E-state index in [1.54, 1.807) is 12.1 Å². The molecule has 0 aromatic heterocycles. The molecule has 1 aliphatic heterocycles. The Labute approximate surface area is 88.3 Å². The standard InChI is InChI=1S/C11H13NO3/c1-13-11(12)8-3-4-9-10(7-8)15-6-2-5-14-9/h3-4,7,12H,2,5-6H2,1H3. The number of fused-ring (bicyclic) bond motifs is 1. The zero-order chi connectivity index (χ0) is 10.7. The summed E-state index contributed by atoms with van der Waals surface area (Å²) < 4.78 is 15.8. The fraction of sp³-hybridized carbons (Fsp3) is 0.364. The molecule has 0 radical (unpaired) electrons. The van der Waals surface area contributed by atoms with Crippen LogP contribution >= 0.6 is 0 Å². The van der Waals surface area contributed by atoms with E-state index in [0.717, 1.165) is 12.2 Å². The van der Waals surface area contributed by atoms with Crippen molar-refractivity contribution in [3.63, 3.8) is 0 Å². The summed E-state index contributed by atoms with van der Waals surface area (Å²) in [6, 6.07) is 5.37. The fourth-order valence-corrected chi connectivity index (χ4v) is 1.42. The van der Waals surface area contributed by atoms with E-state index < -0.39 is 0 Å². The molecule has 0 saturated heterocycles. The van der Waals surface area contributed by atoms with Gasteiger partial charge < -0.3 is 14.2 Å². The quantitative estimate of drug-likeness (QED) is 0.564. The van der Waals surface area contributed by atoms with Crippen molar-refractivity contribution in [2.45, 2.75) is 6.42 Å². The molecule has 0 atom stereocenters. The minimum atomic E-state index is 0.130. The van der Waals surface area contributed by atoms with Gasteiger partial charge in [-0.25, -0.2) is 0 Å². The molecule has 0 spiro atoms. The first-order valence-corrected chi connectivity index (χ1v) is 4.84. The third-order valence-electron chi connectivity index (χ3n) is 2.21. The van der Waals surface area contributed by atoms with Crippen LogP contribution in [0, 0.1) is 5.41 Å². The highest BCUT2D eigenvalue weighted by atomic mass is 16.5. The Morgan fingerprint density at radius 3 is 2.73 bits per heavy atom. The molecule has 0 aliphatic carbocycles. The average molecular weight is 207 g/mol. The number of methoxy groups -OCH3 is 1. The fourth-order valence-electron chi connectivity index (χ4n) is 1.42. The molecule has 1 aromatic rings. The van der Waals surface area contributed by atoms with Crippen molar-refractivity contribution in [3.05, 3.63) is 23.8 Å². The first-order chi connectivity index (χ1) is 7.31. The Bertz CT molecular complexity index is 376. The normalized spacial score (nSPS) is 14.2. The molecule has 0 unspecified atom stereocenters. The monoisotopic (exact) mass is 207 g/mol. The van der Waals surface area contributed by atoms with E-state index in [1.165, 1.54) is 7.11 Å². The second kappa shape index (κ2) is 4.21. The minimum Gasteiger partial charge on any atom is -0.490 e. The smallest absolute Gasteiger partial charge is 0.213 e. The van der Waals surface area contributed by atoms with Crippen LogP contribution in [0.1, 0.15) is 12.0 Å². The van der Waals surface area contributed by atoms with Gasteiger partial charge in [-0.05, 0) is 18.2 Å². The van der Waals surface area contributed by atoms with Gasteiger partial charge in [0.2, 0.25) is 5.90 Å². The maximum absolute atomic E-state index is 7.53. The zero-order valence-corrected chi connectivity index (χ0v) is 8.58. The lowest BCUT2D eigenvalue weighted by Crippen LogP contribution is -2.02. The molecular weight excluding hydrogens is 194 g/mol. The van der Waals surface area contributed by atoms with E-state index in [0.29, 0.717) is 24.5 Å². The van der Waals surface area contributed by atoms with Gasteiger partial charge in [0.05, 0.1) is 20.3 Å². The number of hydrogen-bond donors (Lipinski definition) is 1. The van der Waals surface area contributed by atoms with E-state index in [-0.39, 0.29) is 5.90 Å². The van der Waals surface area contributed by atoms with Crippen LogP contribution in [0.4, 0.5) is 0 Å². The lowest BCUT2D eigenvalue weighted by atomic mass is 10.2. The highest BCUT2D eigenvalue weighted by Gasteiger charge is 2.12. The van der Waals surface area contributed by atoms with E-state index >= 15 is 0 Å². The number of rotatable bonds is 1. The summed E-state index contributed by atoms with van der Waals surface area (Å²) in [7, 11) is 1.48. The van der Waals surface area contributed by atoms with Crippen molar-refractivity contribution in [1.29, 1.82) is 5.41 Å². The first-order valence-electron chi connectivity index (χ1n) is 4.84. The Kier molecular flexibility index (Phi) is 2.76. The van der Waals surface area contributed by atoms with Crippen molar-refractivity contribution in [3.8, 4) is 11.5 Å². The SMILES string of the molecule is COC(=N)c1ccc2c(c1)OCCCO2. The second-order valence-corrected chi connectivity index (χ2v) is 3.25. The highest BCUT2D eigenvalue weighted by Crippen LogP contribution is 2.30. The average Bonchev–Trinajstić information content (AvgIpc) is 2.51. The van der Waals surface area contributed by atoms with Crippen LogP contribution in [0.25, 0.3) is 0 Å². The lowest BCUT2D eigenvalue weighted by Gasteiger charge is -2.09. The summed E-state index contributed by atoms with van der Waals surface area (Å²) in [6.07, 6.45) is 0.881. The number of nitrogens with one attached hydrogen (secondary N) is 1. The van der Waals surface area contributed by atoms with Gasteiger partial charge in [-0.3, -0.25) is 5.41 Å². The van der Waals surface area contributed by atoms with E-state index in [1.807, 2.05) is 6.07 Å². The molecule has 1 aliphatic rings. The molecule has 1 aromatic carbocycles. The number of benzene rings is 1. The van der Waals surface area contributed by atoms with E-state index in [9.17, 15) is 0 Å². The second-order valence-electron chi connectivity index (χ2n) is 3.25. The molecule has 2 rings (SSSR count). The summed E-state index contributed by atoms with van der Waals surface area (Å²) in [5, 5.41) is 7.53. The lowest BCUT2D eigenvalue weighted by molar-refractivity contribution is 0.297. The molecule has 0 fully saturated rings. The van der Waals surface area contributed by atoms with Crippen molar-refractivity contribution in [2.75, 3.05) is 20.3 Å². The van der Waals surface area contributed by atoms with E-state index in [2.05, 4.69) is 0 Å². The molecule has 15 heavy (non-hydrogen) atoms. The molecule has 0 amide bonds. The summed E-state index contributed by atoms with van der Waals surface area (Å²) in [4.78, 5) is 0. The van der Waals surface area contributed by atoms with Crippen molar-refractivity contribution in [2.24, 2.45) is 0 Å². The van der Waals surface area contributed by atoms with Crippen molar-refractivity contribution >= 4 is 5.90 Å². The first kappa shape index (κ1) is 9.83. The van der Waals surface area contributed by atoms with Crippen LogP contribution in [-0.2, 0) is 4.74 Å². The molecule has 4 heteroatoms. The van der Waals surface area contributed by atoms with Crippen LogP contribution in [0.5, 0.6) is 11.5 Å². The van der Waals surface area contributed by atoms with Crippen molar-refractivity contribution in [1.82, 2.24) is 0 Å². The zero-order valence-electron chi connectivity index (χ0n) is 8.58. The van der Waals surface area contributed by atoms with Crippen LogP contribution in [0.3, 0.4) is 0 Å². The Morgan fingerprint density at radius 2 is 2.00 bits per heavy atom. The van der Waals surface area contributed by atoms with Gasteiger partial charge in [-0.2, -0.15) is 0 Å². The molecule has 1 heterocycles. The number of hydrogen-bond acceptors (Lipinski definition) is 4. The third kappa shape index (κ3) is 2.03. The topological polar surface area (TPSA) is 51.5 Å². The number of ether oxygens (including phenoxy) is 3. The summed E-state index contributed by atoms with van der Waals surface area (Å²) in [5.74, 6) is 1.55. The molecule has 80 valence electrons. The molecule has 4 nitrogen and oxygen atoms in total. The summed E-state index contributed by atoms with van der Waals surface area (Å²) in [5.41, 5.74) is 0.696. The van der Waals surface area contributed by atoms with Crippen LogP contribution < -0.4 is 9.47 Å². The third-order valence-corrected chi connectivity index (χ3v) is 2.21. The van der Waals surface area contributed by atoms with Gasteiger partial charge in [0.25, 0.3) is 0 Å². The molecule has 0 saturated carbocycles. The molecule has 1 N–H and O–H groups in total. The van der Waals surface area contributed by atoms with Crippen LogP contribution in [-0.4, -0.2) is 26.2 Å². The Balaban J connectivity index is 2.31. The van der Waals surface area contributed by atoms with Gasteiger partial charge in [-0.15, -0.1) is 0 Å². The maximum atomic E-state index is 7.53. The Morgan fingerprint density at radius 1 is 1.27 bits per heavy atom. The van der Waals surface area contributed by atoms with E-state index in [4.69, 9.17) is 19.6 Å². The predicted octanol–water partition coefficient (Wildman–Crippen LogP) is 1.82. The molecular formula is C11H13NO3. The van der Waals surface area contributed by atoms with Gasteiger partial charge >= 0.3 is 0 Å². The summed E-state index contributed by atoms with van der Waals surface area (Å²) >= 11 is 0.